The van der Waals surface area contributed by atoms with E-state index in [2.05, 4.69) is 17.2 Å². The maximum atomic E-state index is 11.6. The number of ether oxygens (including phenoxy) is 1. The molecule has 2 aromatic rings. The van der Waals surface area contributed by atoms with E-state index in [0.29, 0.717) is 29.6 Å². The third-order valence-corrected chi connectivity index (χ3v) is 4.03. The van der Waals surface area contributed by atoms with Crippen LogP contribution in [0.15, 0.2) is 66.1 Å². The van der Waals surface area contributed by atoms with E-state index < -0.39 is 6.03 Å². The van der Waals surface area contributed by atoms with E-state index in [0.717, 1.165) is 17.7 Å². The predicted molar refractivity (Wildman–Crippen MR) is 102 cm³/mol. The third kappa shape index (κ3) is 4.44. The molecule has 1 aromatic heterocycles. The molecule has 0 atom stereocenters. The van der Waals surface area contributed by atoms with E-state index in [1.807, 2.05) is 30.4 Å². The van der Waals surface area contributed by atoms with Crippen molar-refractivity contribution in [1.82, 2.24) is 9.88 Å². The van der Waals surface area contributed by atoms with Gasteiger partial charge in [-0.2, -0.15) is 5.26 Å². The largest absolute Gasteiger partial charge is 0.457 e. The van der Waals surface area contributed by atoms with Crippen LogP contribution in [0.3, 0.4) is 0 Å². The second-order valence-electron chi connectivity index (χ2n) is 5.85. The number of carbonyl (C=O) groups is 1. The van der Waals surface area contributed by atoms with Crippen LogP contribution >= 0.6 is 0 Å². The molecule has 0 saturated heterocycles. The molecule has 7 heteroatoms. The fourth-order valence-corrected chi connectivity index (χ4v) is 2.60. The maximum Gasteiger partial charge on any atom is 0.320 e. The number of allylic oxidation sites excluding steroid dienone is 2. The summed E-state index contributed by atoms with van der Waals surface area (Å²) in [5.41, 5.74) is 7.69. The van der Waals surface area contributed by atoms with Crippen LogP contribution in [0.5, 0.6) is 11.5 Å². The predicted octanol–water partition coefficient (Wildman–Crippen LogP) is 3.73. The smallest absolute Gasteiger partial charge is 0.320 e. The van der Waals surface area contributed by atoms with Crippen molar-refractivity contribution in [3.63, 3.8) is 0 Å². The number of hydrogen-bond donors (Lipinski definition) is 2. The van der Waals surface area contributed by atoms with Crippen LogP contribution in [-0.4, -0.2) is 22.5 Å². The summed E-state index contributed by atoms with van der Waals surface area (Å²) in [7, 11) is 0. The minimum absolute atomic E-state index is 0.293. The third-order valence-electron chi connectivity index (χ3n) is 4.03. The van der Waals surface area contributed by atoms with Crippen molar-refractivity contribution in [2.45, 2.75) is 13.3 Å². The van der Waals surface area contributed by atoms with Gasteiger partial charge in [-0.3, -0.25) is 4.90 Å². The van der Waals surface area contributed by atoms with Gasteiger partial charge in [0.25, 0.3) is 0 Å². The summed E-state index contributed by atoms with van der Waals surface area (Å²) >= 11 is 0. The Hall–Kier alpha value is -3.79. The number of urea groups is 1. The first-order valence-electron chi connectivity index (χ1n) is 8.48. The van der Waals surface area contributed by atoms with Gasteiger partial charge < -0.3 is 15.8 Å². The molecule has 2 heterocycles. The minimum atomic E-state index is -0.508. The summed E-state index contributed by atoms with van der Waals surface area (Å²) < 4.78 is 5.73. The van der Waals surface area contributed by atoms with Crippen LogP contribution in [0.4, 0.5) is 10.5 Å². The molecule has 3 N–H and O–H groups in total. The van der Waals surface area contributed by atoms with Crippen molar-refractivity contribution in [2.75, 3.05) is 11.9 Å². The van der Waals surface area contributed by atoms with Crippen molar-refractivity contribution in [1.29, 1.82) is 5.26 Å². The number of amides is 2. The van der Waals surface area contributed by atoms with E-state index in [9.17, 15) is 4.79 Å². The first-order valence-corrected chi connectivity index (χ1v) is 8.48. The van der Waals surface area contributed by atoms with Gasteiger partial charge in [0.05, 0.1) is 0 Å². The van der Waals surface area contributed by atoms with E-state index in [-0.39, 0.29) is 0 Å². The highest BCUT2D eigenvalue weighted by atomic mass is 16.5. The summed E-state index contributed by atoms with van der Waals surface area (Å²) in [4.78, 5) is 17.0. The molecule has 136 valence electrons. The molecule has 1 aliphatic heterocycles. The van der Waals surface area contributed by atoms with Crippen LogP contribution in [-0.2, 0) is 0 Å². The molecule has 7 nitrogen and oxygen atoms in total. The van der Waals surface area contributed by atoms with E-state index in [4.69, 9.17) is 15.7 Å². The number of nitrogens with one attached hydrogen (secondary N) is 1. The zero-order chi connectivity index (χ0) is 19.2. The molecule has 0 unspecified atom stereocenters. The number of anilines is 1. The Kier molecular flexibility index (Phi) is 5.38. The average molecular weight is 361 g/mol. The lowest BCUT2D eigenvalue weighted by Crippen LogP contribution is -2.39. The Morgan fingerprint density at radius 3 is 2.78 bits per heavy atom. The van der Waals surface area contributed by atoms with Crippen LogP contribution in [0, 0.1) is 11.3 Å². The summed E-state index contributed by atoms with van der Waals surface area (Å²) in [6, 6.07) is 12.0. The summed E-state index contributed by atoms with van der Waals surface area (Å²) in [6.07, 6.45) is 6.30. The zero-order valence-electron chi connectivity index (χ0n) is 14.8. The number of carbonyl (C=O) groups excluding carboxylic acids is 1. The van der Waals surface area contributed by atoms with E-state index >= 15 is 0 Å². The van der Waals surface area contributed by atoms with Crippen LogP contribution in [0.25, 0.3) is 0 Å². The van der Waals surface area contributed by atoms with Crippen molar-refractivity contribution in [3.05, 3.63) is 71.8 Å². The Balaban J connectivity index is 1.73. The Morgan fingerprint density at radius 1 is 1.33 bits per heavy atom. The van der Waals surface area contributed by atoms with Gasteiger partial charge in [0.15, 0.2) is 0 Å². The van der Waals surface area contributed by atoms with Crippen molar-refractivity contribution in [3.8, 4) is 17.6 Å². The van der Waals surface area contributed by atoms with Crippen LogP contribution < -0.4 is 15.8 Å². The molecular formula is C20H19N5O2. The Bertz CT molecular complexity index is 942. The standard InChI is InChI=1S/C20H19N5O2/c1-2-14-8-10-25(20(22)26)19(11-14)24-15-3-5-17(6-4-15)27-18-7-9-23-16(12-18)13-21/h3-9,11-12,24H,2,10H2,1H3,(H2,22,26). The van der Waals surface area contributed by atoms with Crippen LogP contribution in [0.2, 0.25) is 0 Å². The minimum Gasteiger partial charge on any atom is -0.457 e. The molecule has 0 fully saturated rings. The molecule has 0 bridgehead atoms. The van der Waals surface area contributed by atoms with Crippen molar-refractivity contribution < 1.29 is 9.53 Å². The normalized spacial score (nSPS) is 13.3. The molecule has 0 aliphatic carbocycles. The number of benzene rings is 1. The summed E-state index contributed by atoms with van der Waals surface area (Å²) in [6.45, 7) is 2.50. The monoisotopic (exact) mass is 361 g/mol. The highest BCUT2D eigenvalue weighted by molar-refractivity contribution is 5.76. The molecule has 0 spiro atoms. The van der Waals surface area contributed by atoms with Gasteiger partial charge >= 0.3 is 6.03 Å². The second kappa shape index (κ2) is 8.06. The molecule has 0 saturated carbocycles. The van der Waals surface area contributed by atoms with Gasteiger partial charge in [0.2, 0.25) is 0 Å². The quantitative estimate of drug-likeness (QED) is 0.844. The average Bonchev–Trinajstić information content (AvgIpc) is 2.69. The van der Waals surface area contributed by atoms with Crippen molar-refractivity contribution >= 4 is 11.7 Å². The molecule has 1 aliphatic rings. The van der Waals surface area contributed by atoms with Gasteiger partial charge in [-0.15, -0.1) is 0 Å². The Morgan fingerprint density at radius 2 is 2.11 bits per heavy atom. The van der Waals surface area contributed by atoms with Crippen LogP contribution in [0.1, 0.15) is 19.0 Å². The topological polar surface area (TPSA) is 104 Å². The molecular weight excluding hydrogens is 342 g/mol. The van der Waals surface area contributed by atoms with Crippen molar-refractivity contribution in [2.24, 2.45) is 5.73 Å². The van der Waals surface area contributed by atoms with Gasteiger partial charge in [-0.05, 0) is 48.4 Å². The van der Waals surface area contributed by atoms with E-state index in [1.165, 1.54) is 11.1 Å². The molecule has 1 aromatic carbocycles. The highest BCUT2D eigenvalue weighted by Crippen LogP contribution is 2.25. The van der Waals surface area contributed by atoms with Gasteiger partial charge in [-0.1, -0.05) is 13.0 Å². The molecule has 27 heavy (non-hydrogen) atoms. The lowest BCUT2D eigenvalue weighted by molar-refractivity contribution is 0.224. The lowest BCUT2D eigenvalue weighted by atomic mass is 10.1. The highest BCUT2D eigenvalue weighted by Gasteiger charge is 2.18. The van der Waals surface area contributed by atoms with Gasteiger partial charge in [0.1, 0.15) is 29.1 Å². The number of nitriles is 1. The second-order valence-corrected chi connectivity index (χ2v) is 5.85. The first-order chi connectivity index (χ1) is 13.1. The lowest BCUT2D eigenvalue weighted by Gasteiger charge is -2.27. The van der Waals surface area contributed by atoms with Gasteiger partial charge in [-0.25, -0.2) is 9.78 Å². The first kappa shape index (κ1) is 18.0. The molecule has 0 radical (unpaired) electrons. The van der Waals surface area contributed by atoms with E-state index in [1.54, 1.807) is 24.3 Å². The number of primary amides is 1. The number of nitrogens with two attached hydrogens (primary N) is 1. The summed E-state index contributed by atoms with van der Waals surface area (Å²) in [5.74, 6) is 1.80. The fraction of sp³-hybridized carbons (Fsp3) is 0.150. The van der Waals surface area contributed by atoms with Gasteiger partial charge in [0, 0.05) is 24.5 Å². The number of rotatable bonds is 5. The zero-order valence-corrected chi connectivity index (χ0v) is 14.8. The number of aromatic nitrogens is 1. The number of pyridine rings is 1. The molecule has 3 rings (SSSR count). The summed E-state index contributed by atoms with van der Waals surface area (Å²) in [5, 5.41) is 12.1. The maximum absolute atomic E-state index is 11.6. The fourth-order valence-electron chi connectivity index (χ4n) is 2.60. The molecule has 2 amide bonds. The SMILES string of the molecule is CCC1=CCN(C(N)=O)C(Nc2ccc(Oc3ccnc(C#N)c3)cc2)=C1. The Labute approximate surface area is 157 Å². The number of nitrogens with zero attached hydrogens (tertiary/aromatic N) is 3. The number of hydrogen-bond acceptors (Lipinski definition) is 5.